The number of hydrogen-bond donors (Lipinski definition) is 0. The summed E-state index contributed by atoms with van der Waals surface area (Å²) < 4.78 is 0. The zero-order chi connectivity index (χ0) is 30.7. The van der Waals surface area contributed by atoms with Gasteiger partial charge in [-0.3, -0.25) is 0 Å². The molecule has 0 aliphatic carbocycles. The highest BCUT2D eigenvalue weighted by atomic mass is 31.1. The molecule has 0 saturated heterocycles. The summed E-state index contributed by atoms with van der Waals surface area (Å²) in [5, 5.41) is 13.3. The van der Waals surface area contributed by atoms with Gasteiger partial charge in [0.1, 0.15) is 0 Å². The average molecular weight is 623 g/mol. The lowest BCUT2D eigenvalue weighted by molar-refractivity contribution is 1.70. The van der Waals surface area contributed by atoms with Gasteiger partial charge < -0.3 is 0 Å². The highest BCUT2D eigenvalue weighted by molar-refractivity contribution is 7.80. The average Bonchev–Trinajstić information content (AvgIpc) is 3.13. The Morgan fingerprint density at radius 3 is 0.891 bits per heavy atom. The van der Waals surface area contributed by atoms with E-state index < -0.39 is 15.8 Å². The molecule has 0 amide bonds. The maximum Gasteiger partial charge on any atom is -0.00986 e. The first-order valence-electron chi connectivity index (χ1n) is 15.7. The van der Waals surface area contributed by atoms with E-state index in [2.05, 4.69) is 194 Å². The van der Waals surface area contributed by atoms with Crippen LogP contribution in [0.2, 0.25) is 0 Å². The van der Waals surface area contributed by atoms with E-state index in [0.717, 1.165) is 0 Å². The maximum atomic E-state index is 2.46. The van der Waals surface area contributed by atoms with Gasteiger partial charge in [-0.25, -0.2) is 0 Å². The molecule has 0 aromatic heterocycles. The van der Waals surface area contributed by atoms with Crippen molar-refractivity contribution in [3.8, 4) is 11.1 Å². The number of benzene rings is 8. The SMILES string of the molecule is c1ccc(P(c2ccccc2)c2ccc3cccc(-c4cccc5ccc(P(c6ccccc6)c6ccccc6)cc45)c3c2)cc1. The van der Waals surface area contributed by atoms with Gasteiger partial charge >= 0.3 is 0 Å². The lowest BCUT2D eigenvalue weighted by atomic mass is 9.94. The summed E-state index contributed by atoms with van der Waals surface area (Å²) in [5.41, 5.74) is 2.56. The van der Waals surface area contributed by atoms with Crippen LogP contribution in [0, 0.1) is 0 Å². The van der Waals surface area contributed by atoms with Gasteiger partial charge in [-0.15, -0.1) is 0 Å². The van der Waals surface area contributed by atoms with Crippen LogP contribution in [0.15, 0.2) is 194 Å². The minimum Gasteiger partial charge on any atom is -0.0622 e. The molecule has 0 aliphatic heterocycles. The van der Waals surface area contributed by atoms with Crippen molar-refractivity contribution in [1.29, 1.82) is 0 Å². The molecule has 0 aliphatic rings. The van der Waals surface area contributed by atoms with Crippen molar-refractivity contribution in [3.63, 3.8) is 0 Å². The van der Waals surface area contributed by atoms with Gasteiger partial charge in [-0.1, -0.05) is 182 Å². The molecular formula is C44H32P2. The van der Waals surface area contributed by atoms with Crippen LogP contribution in [0.3, 0.4) is 0 Å². The zero-order valence-corrected chi connectivity index (χ0v) is 27.2. The molecule has 0 saturated carbocycles. The Balaban J connectivity index is 1.31. The molecule has 0 fully saturated rings. The third-order valence-electron chi connectivity index (χ3n) is 8.60. The van der Waals surface area contributed by atoms with E-state index in [4.69, 9.17) is 0 Å². The summed E-state index contributed by atoms with van der Waals surface area (Å²) in [5.74, 6) is 0. The summed E-state index contributed by atoms with van der Waals surface area (Å²) in [6.45, 7) is 0. The summed E-state index contributed by atoms with van der Waals surface area (Å²) in [6.07, 6.45) is 0. The molecule has 0 atom stereocenters. The Hall–Kier alpha value is -4.86. The van der Waals surface area contributed by atoms with E-state index in [1.54, 1.807) is 0 Å². The van der Waals surface area contributed by atoms with Crippen LogP contribution in [0.25, 0.3) is 32.7 Å². The third-order valence-corrected chi connectivity index (χ3v) is 13.4. The Bertz CT molecular complexity index is 2000. The lowest BCUT2D eigenvalue weighted by Gasteiger charge is -2.21. The first-order valence-corrected chi connectivity index (χ1v) is 18.4. The first-order chi connectivity index (χ1) is 22.8. The number of rotatable bonds is 7. The summed E-state index contributed by atoms with van der Waals surface area (Å²) in [4.78, 5) is 0. The molecule has 218 valence electrons. The van der Waals surface area contributed by atoms with Crippen molar-refractivity contribution >= 4 is 69.2 Å². The standard InChI is InChI=1S/C44H32P2/c1-5-17-35(18-6-1)45(36-19-7-2-8-20-36)39-29-27-33-15-13-25-41(43(33)31-39)42-26-14-16-34-28-30-40(32-44(34)42)46(37-21-9-3-10-22-37)38-23-11-4-12-24-38/h1-32H. The molecule has 8 aromatic rings. The van der Waals surface area contributed by atoms with E-state index in [1.165, 1.54) is 64.5 Å². The van der Waals surface area contributed by atoms with Gasteiger partial charge in [0.25, 0.3) is 0 Å². The molecule has 0 N–H and O–H groups in total. The van der Waals surface area contributed by atoms with Crippen molar-refractivity contribution in [2.24, 2.45) is 0 Å². The van der Waals surface area contributed by atoms with Crippen LogP contribution in [0.5, 0.6) is 0 Å². The highest BCUT2D eigenvalue weighted by Crippen LogP contribution is 2.39. The molecular weight excluding hydrogens is 590 g/mol. The van der Waals surface area contributed by atoms with Crippen LogP contribution in [-0.2, 0) is 0 Å². The van der Waals surface area contributed by atoms with Gasteiger partial charge in [0.05, 0.1) is 0 Å². The molecule has 2 heteroatoms. The smallest absolute Gasteiger partial charge is 0.00986 e. The molecule has 8 aromatic carbocycles. The van der Waals surface area contributed by atoms with E-state index in [0.29, 0.717) is 0 Å². The summed E-state index contributed by atoms with van der Waals surface area (Å²) in [6, 6.07) is 71.7. The van der Waals surface area contributed by atoms with Crippen LogP contribution >= 0.6 is 15.8 Å². The Morgan fingerprint density at radius 1 is 0.239 bits per heavy atom. The van der Waals surface area contributed by atoms with Gasteiger partial charge in [-0.2, -0.15) is 0 Å². The van der Waals surface area contributed by atoms with Crippen molar-refractivity contribution < 1.29 is 0 Å². The van der Waals surface area contributed by atoms with Crippen LogP contribution in [-0.4, -0.2) is 0 Å². The molecule has 0 heterocycles. The normalized spacial score (nSPS) is 11.4. The van der Waals surface area contributed by atoms with Crippen LogP contribution in [0.1, 0.15) is 0 Å². The monoisotopic (exact) mass is 622 g/mol. The zero-order valence-electron chi connectivity index (χ0n) is 25.4. The lowest BCUT2D eigenvalue weighted by Crippen LogP contribution is -2.20. The predicted molar refractivity (Wildman–Crippen MR) is 204 cm³/mol. The largest absolute Gasteiger partial charge is 0.0622 e. The van der Waals surface area contributed by atoms with Gasteiger partial charge in [-0.05, 0) is 92.5 Å². The second-order valence-electron chi connectivity index (χ2n) is 11.4. The van der Waals surface area contributed by atoms with E-state index in [1.807, 2.05) is 0 Å². The predicted octanol–water partition coefficient (Wildman–Crippen LogP) is 9.18. The molecule has 46 heavy (non-hydrogen) atoms. The van der Waals surface area contributed by atoms with Crippen LogP contribution < -0.4 is 31.8 Å². The summed E-state index contributed by atoms with van der Waals surface area (Å²) in [7, 11) is -1.40. The van der Waals surface area contributed by atoms with Gasteiger partial charge in [0, 0.05) is 0 Å². The van der Waals surface area contributed by atoms with Crippen molar-refractivity contribution in [2.75, 3.05) is 0 Å². The molecule has 0 radical (unpaired) electrons. The minimum absolute atomic E-state index is 0.698. The van der Waals surface area contributed by atoms with Crippen molar-refractivity contribution in [2.45, 2.75) is 0 Å². The van der Waals surface area contributed by atoms with Gasteiger partial charge in [0.15, 0.2) is 0 Å². The second kappa shape index (κ2) is 12.9. The fraction of sp³-hybridized carbons (Fsp3) is 0. The fourth-order valence-corrected chi connectivity index (χ4v) is 11.1. The molecule has 8 rings (SSSR count). The second-order valence-corrected chi connectivity index (χ2v) is 15.9. The quantitative estimate of drug-likeness (QED) is 0.156. The molecule has 0 nitrogen and oxygen atoms in total. The Labute approximate surface area is 273 Å². The van der Waals surface area contributed by atoms with Crippen molar-refractivity contribution in [1.82, 2.24) is 0 Å². The van der Waals surface area contributed by atoms with E-state index in [-0.39, 0.29) is 0 Å². The first kappa shape index (κ1) is 28.6. The highest BCUT2D eigenvalue weighted by Gasteiger charge is 2.20. The summed E-state index contributed by atoms with van der Waals surface area (Å²) >= 11 is 0. The maximum absolute atomic E-state index is 2.46. The topological polar surface area (TPSA) is 0 Å². The molecule has 0 spiro atoms. The fourth-order valence-electron chi connectivity index (χ4n) is 6.47. The van der Waals surface area contributed by atoms with Crippen LogP contribution in [0.4, 0.5) is 0 Å². The van der Waals surface area contributed by atoms with Crippen molar-refractivity contribution in [3.05, 3.63) is 194 Å². The molecule has 0 unspecified atom stereocenters. The van der Waals surface area contributed by atoms with E-state index >= 15 is 0 Å². The third kappa shape index (κ3) is 5.57. The minimum atomic E-state index is -0.698. The van der Waals surface area contributed by atoms with Gasteiger partial charge in [0.2, 0.25) is 0 Å². The Morgan fingerprint density at radius 2 is 0.565 bits per heavy atom. The number of hydrogen-bond acceptors (Lipinski definition) is 0. The Kier molecular flexibility index (Phi) is 8.00. The number of fused-ring (bicyclic) bond motifs is 2. The van der Waals surface area contributed by atoms with E-state index in [9.17, 15) is 0 Å². The molecule has 0 bridgehead atoms.